The summed E-state index contributed by atoms with van der Waals surface area (Å²) in [4.78, 5) is 12.2. The number of hydrogen-bond acceptors (Lipinski definition) is 2. The molecule has 0 aliphatic rings. The van der Waals surface area contributed by atoms with Gasteiger partial charge in [0.1, 0.15) is 0 Å². The average Bonchev–Trinajstić information content (AvgIpc) is 2.93. The van der Waals surface area contributed by atoms with Crippen molar-refractivity contribution in [2.24, 2.45) is 5.10 Å². The number of benzene rings is 2. The predicted octanol–water partition coefficient (Wildman–Crippen LogP) is 5.37. The van der Waals surface area contributed by atoms with Crippen molar-refractivity contribution >= 4 is 23.7 Å². The van der Waals surface area contributed by atoms with Gasteiger partial charge in [-0.1, -0.05) is 41.4 Å². The molecule has 5 heteroatoms. The number of halogens is 1. The first-order valence-corrected chi connectivity index (χ1v) is 9.97. The number of rotatable bonds is 5. The molecular weight excluding hydrogens is 382 g/mol. The molecule has 0 saturated carbocycles. The maximum absolute atomic E-state index is 12.2. The molecule has 2 aromatic carbocycles. The van der Waals surface area contributed by atoms with Gasteiger partial charge in [-0.15, -0.1) is 0 Å². The van der Waals surface area contributed by atoms with Crippen LogP contribution < -0.4 is 5.43 Å². The Kier molecular flexibility index (Phi) is 6.23. The normalized spacial score (nSPS) is 11.2. The summed E-state index contributed by atoms with van der Waals surface area (Å²) >= 11 is 6.29. The van der Waals surface area contributed by atoms with Gasteiger partial charge in [0.2, 0.25) is 5.91 Å². The van der Waals surface area contributed by atoms with Crippen molar-refractivity contribution < 1.29 is 4.79 Å². The highest BCUT2D eigenvalue weighted by atomic mass is 35.5. The van der Waals surface area contributed by atoms with E-state index in [1.165, 1.54) is 5.56 Å². The number of carbonyl (C=O) groups excluding carboxylic acids is 1. The molecule has 1 heterocycles. The first-order chi connectivity index (χ1) is 13.8. The lowest BCUT2D eigenvalue weighted by atomic mass is 10.0. The first kappa shape index (κ1) is 20.9. The summed E-state index contributed by atoms with van der Waals surface area (Å²) in [7, 11) is 0. The lowest BCUT2D eigenvalue weighted by Gasteiger charge is -2.11. The van der Waals surface area contributed by atoms with Gasteiger partial charge in [0.05, 0.1) is 12.6 Å². The summed E-state index contributed by atoms with van der Waals surface area (Å²) in [6, 6.07) is 14.2. The Morgan fingerprint density at radius 2 is 1.79 bits per heavy atom. The summed E-state index contributed by atoms with van der Waals surface area (Å²) in [6.07, 6.45) is 2.00. The fourth-order valence-electron chi connectivity index (χ4n) is 3.47. The predicted molar refractivity (Wildman–Crippen MR) is 120 cm³/mol. The van der Waals surface area contributed by atoms with Crippen molar-refractivity contribution in [3.63, 3.8) is 0 Å². The Morgan fingerprint density at radius 3 is 2.48 bits per heavy atom. The minimum atomic E-state index is -0.132. The molecule has 0 aliphatic heterocycles. The molecule has 3 aromatic rings. The maximum Gasteiger partial charge on any atom is 0.244 e. The monoisotopic (exact) mass is 407 g/mol. The quantitative estimate of drug-likeness (QED) is 0.448. The highest BCUT2D eigenvalue weighted by molar-refractivity contribution is 6.31. The Bertz CT molecular complexity index is 1100. The molecule has 29 heavy (non-hydrogen) atoms. The van der Waals surface area contributed by atoms with Crippen LogP contribution in [0.15, 0.2) is 47.6 Å². The largest absolute Gasteiger partial charge is 0.318 e. The van der Waals surface area contributed by atoms with Crippen LogP contribution in [0.25, 0.3) is 5.69 Å². The van der Waals surface area contributed by atoms with E-state index >= 15 is 0 Å². The van der Waals surface area contributed by atoms with Crippen molar-refractivity contribution in [3.05, 3.63) is 86.7 Å². The Balaban J connectivity index is 1.72. The molecule has 0 unspecified atom stereocenters. The molecule has 4 nitrogen and oxygen atoms in total. The molecule has 1 amide bonds. The van der Waals surface area contributed by atoms with Gasteiger partial charge in [-0.05, 0) is 69.5 Å². The van der Waals surface area contributed by atoms with Crippen molar-refractivity contribution in [3.8, 4) is 5.69 Å². The standard InChI is InChI=1S/C24H26ClN3O/c1-15-6-8-20(17(3)10-15)12-24(29)27-26-14-21-11-18(4)28(19(21)5)22-9-7-16(2)23(25)13-22/h6-11,13-14H,12H2,1-5H3,(H,27,29)/b26-14-. The molecule has 0 radical (unpaired) electrons. The molecule has 0 aliphatic carbocycles. The SMILES string of the molecule is Cc1ccc(CC(=O)N/N=C\c2cc(C)n(-c3ccc(C)c(Cl)c3)c2C)c(C)c1. The number of carbonyl (C=O) groups is 1. The van der Waals surface area contributed by atoms with E-state index in [0.29, 0.717) is 6.42 Å². The molecule has 3 rings (SSSR count). The number of hydrazone groups is 1. The van der Waals surface area contributed by atoms with E-state index in [2.05, 4.69) is 21.2 Å². The molecule has 0 bridgehead atoms. The zero-order chi connectivity index (χ0) is 21.1. The van der Waals surface area contributed by atoms with Gasteiger partial charge in [-0.2, -0.15) is 5.10 Å². The van der Waals surface area contributed by atoms with Crippen LogP contribution >= 0.6 is 11.6 Å². The van der Waals surface area contributed by atoms with Crippen LogP contribution in [0.4, 0.5) is 0 Å². The van der Waals surface area contributed by atoms with Crippen LogP contribution in [0.3, 0.4) is 0 Å². The van der Waals surface area contributed by atoms with E-state index in [1.54, 1.807) is 6.21 Å². The Labute approximate surface area is 177 Å². The Morgan fingerprint density at radius 1 is 1.03 bits per heavy atom. The van der Waals surface area contributed by atoms with Crippen LogP contribution in [0, 0.1) is 34.6 Å². The van der Waals surface area contributed by atoms with E-state index < -0.39 is 0 Å². The maximum atomic E-state index is 12.2. The van der Waals surface area contributed by atoms with Crippen LogP contribution in [0.5, 0.6) is 0 Å². The number of aromatic nitrogens is 1. The molecular formula is C24H26ClN3O. The fourth-order valence-corrected chi connectivity index (χ4v) is 3.64. The van der Waals surface area contributed by atoms with Gasteiger partial charge in [-0.25, -0.2) is 5.43 Å². The molecule has 1 N–H and O–H groups in total. The molecule has 0 atom stereocenters. The highest BCUT2D eigenvalue weighted by Gasteiger charge is 2.11. The van der Waals surface area contributed by atoms with Crippen molar-refractivity contribution in [1.29, 1.82) is 0 Å². The van der Waals surface area contributed by atoms with E-state index in [0.717, 1.165) is 44.4 Å². The van der Waals surface area contributed by atoms with E-state index in [1.807, 2.05) is 71.0 Å². The summed E-state index contributed by atoms with van der Waals surface area (Å²) in [6.45, 7) is 10.1. The molecule has 0 fully saturated rings. The van der Waals surface area contributed by atoms with Gasteiger partial charge < -0.3 is 4.57 Å². The van der Waals surface area contributed by atoms with Gasteiger partial charge in [-0.3, -0.25) is 4.79 Å². The summed E-state index contributed by atoms with van der Waals surface area (Å²) in [5.74, 6) is -0.132. The van der Waals surface area contributed by atoms with Gasteiger partial charge in [0.15, 0.2) is 0 Å². The first-order valence-electron chi connectivity index (χ1n) is 9.59. The fraction of sp³-hybridized carbons (Fsp3) is 0.250. The second-order valence-electron chi connectivity index (χ2n) is 7.50. The van der Waals surface area contributed by atoms with Crippen molar-refractivity contribution in [1.82, 2.24) is 9.99 Å². The van der Waals surface area contributed by atoms with E-state index in [-0.39, 0.29) is 5.91 Å². The van der Waals surface area contributed by atoms with Crippen molar-refractivity contribution in [2.75, 3.05) is 0 Å². The van der Waals surface area contributed by atoms with Crippen molar-refractivity contribution in [2.45, 2.75) is 41.0 Å². The minimum Gasteiger partial charge on any atom is -0.318 e. The highest BCUT2D eigenvalue weighted by Crippen LogP contribution is 2.24. The second-order valence-corrected chi connectivity index (χ2v) is 7.90. The molecule has 0 spiro atoms. The summed E-state index contributed by atoms with van der Waals surface area (Å²) in [5.41, 5.74) is 11.1. The third-order valence-corrected chi connectivity index (χ3v) is 5.53. The zero-order valence-electron chi connectivity index (χ0n) is 17.5. The lowest BCUT2D eigenvalue weighted by molar-refractivity contribution is -0.120. The van der Waals surface area contributed by atoms with Crippen LogP contribution in [-0.4, -0.2) is 16.7 Å². The molecule has 0 saturated heterocycles. The minimum absolute atomic E-state index is 0.132. The smallest absolute Gasteiger partial charge is 0.244 e. The van der Waals surface area contributed by atoms with Gasteiger partial charge in [0, 0.05) is 27.7 Å². The summed E-state index contributed by atoms with van der Waals surface area (Å²) < 4.78 is 2.13. The Hall–Kier alpha value is -2.85. The van der Waals surface area contributed by atoms with E-state index in [9.17, 15) is 4.79 Å². The topological polar surface area (TPSA) is 46.4 Å². The van der Waals surface area contributed by atoms with Gasteiger partial charge in [0.25, 0.3) is 0 Å². The van der Waals surface area contributed by atoms with Crippen LogP contribution in [-0.2, 0) is 11.2 Å². The number of aryl methyl sites for hydroxylation is 4. The van der Waals surface area contributed by atoms with E-state index in [4.69, 9.17) is 11.6 Å². The second kappa shape index (κ2) is 8.66. The van der Waals surface area contributed by atoms with Crippen LogP contribution in [0.1, 0.15) is 39.2 Å². The van der Waals surface area contributed by atoms with Gasteiger partial charge >= 0.3 is 0 Å². The van der Waals surface area contributed by atoms with Crippen LogP contribution in [0.2, 0.25) is 5.02 Å². The number of hydrogen-bond donors (Lipinski definition) is 1. The number of amides is 1. The lowest BCUT2D eigenvalue weighted by Crippen LogP contribution is -2.20. The summed E-state index contributed by atoms with van der Waals surface area (Å²) in [5, 5.41) is 4.90. The zero-order valence-corrected chi connectivity index (χ0v) is 18.3. The third kappa shape index (κ3) is 4.77. The number of nitrogens with zero attached hydrogens (tertiary/aromatic N) is 2. The molecule has 150 valence electrons. The molecule has 1 aromatic heterocycles. The third-order valence-electron chi connectivity index (χ3n) is 5.13. The number of nitrogens with one attached hydrogen (secondary N) is 1. The average molecular weight is 408 g/mol.